The molecule has 7 nitrogen and oxygen atoms in total. The van der Waals surface area contributed by atoms with Crippen LogP contribution in [0.25, 0.3) is 10.2 Å². The molecule has 3 rings (SSSR count). The molecule has 8 heteroatoms. The van der Waals surface area contributed by atoms with Crippen molar-refractivity contribution in [1.29, 1.82) is 0 Å². The van der Waals surface area contributed by atoms with Crippen molar-refractivity contribution in [3.05, 3.63) is 42.5 Å². The third-order valence-electron chi connectivity index (χ3n) is 4.46. The molecular formula is C20H25N5O2S. The lowest BCUT2D eigenvalue weighted by Crippen LogP contribution is -2.39. The van der Waals surface area contributed by atoms with Gasteiger partial charge in [-0.2, -0.15) is 0 Å². The van der Waals surface area contributed by atoms with Crippen LogP contribution in [0.2, 0.25) is 0 Å². The number of aromatic nitrogens is 3. The van der Waals surface area contributed by atoms with Gasteiger partial charge in [0.25, 0.3) is 5.91 Å². The van der Waals surface area contributed by atoms with Crippen LogP contribution in [0.5, 0.6) is 5.75 Å². The van der Waals surface area contributed by atoms with Crippen LogP contribution < -0.4 is 9.64 Å². The minimum atomic E-state index is -0.197. The average Bonchev–Trinajstić information content (AvgIpc) is 3.17. The molecule has 3 aromatic rings. The zero-order valence-electron chi connectivity index (χ0n) is 16.5. The summed E-state index contributed by atoms with van der Waals surface area (Å²) in [6.45, 7) is 9.88. The number of anilines is 1. The van der Waals surface area contributed by atoms with Crippen LogP contribution >= 0.6 is 11.3 Å². The van der Waals surface area contributed by atoms with E-state index in [4.69, 9.17) is 9.72 Å². The maximum atomic E-state index is 13.2. The second-order valence-electron chi connectivity index (χ2n) is 6.11. The van der Waals surface area contributed by atoms with Crippen LogP contribution in [0, 0.1) is 0 Å². The summed E-state index contributed by atoms with van der Waals surface area (Å²) in [5.74, 6) is 0.537. The van der Waals surface area contributed by atoms with E-state index in [1.54, 1.807) is 11.1 Å². The van der Waals surface area contributed by atoms with E-state index >= 15 is 0 Å². The molecule has 28 heavy (non-hydrogen) atoms. The minimum Gasteiger partial charge on any atom is -0.492 e. The smallest absolute Gasteiger partial charge is 0.280 e. The summed E-state index contributed by atoms with van der Waals surface area (Å²) in [5, 5.41) is 0.643. The Hall–Kier alpha value is -2.58. The van der Waals surface area contributed by atoms with Gasteiger partial charge in [-0.25, -0.2) is 9.97 Å². The summed E-state index contributed by atoms with van der Waals surface area (Å²) in [6, 6.07) is 5.84. The number of amides is 1. The van der Waals surface area contributed by atoms with E-state index in [0.29, 0.717) is 24.0 Å². The van der Waals surface area contributed by atoms with Crippen molar-refractivity contribution < 1.29 is 9.53 Å². The SMILES string of the molecule is CCOc1cccc2sc(N(CCN(CC)CC)C(=O)c3cnccn3)nc12. The molecule has 2 aromatic heterocycles. The fourth-order valence-electron chi connectivity index (χ4n) is 2.91. The summed E-state index contributed by atoms with van der Waals surface area (Å²) in [5.41, 5.74) is 1.09. The molecule has 0 radical (unpaired) electrons. The molecule has 0 fully saturated rings. The van der Waals surface area contributed by atoms with Gasteiger partial charge in [0.1, 0.15) is 17.0 Å². The molecule has 0 bridgehead atoms. The van der Waals surface area contributed by atoms with Gasteiger partial charge in [-0.15, -0.1) is 0 Å². The molecule has 0 aliphatic rings. The first-order chi connectivity index (χ1) is 13.7. The first kappa shape index (κ1) is 20.2. The Balaban J connectivity index is 1.97. The number of hydrogen-bond donors (Lipinski definition) is 0. The molecule has 0 saturated carbocycles. The normalized spacial score (nSPS) is 11.1. The summed E-state index contributed by atoms with van der Waals surface area (Å²) < 4.78 is 6.69. The van der Waals surface area contributed by atoms with Gasteiger partial charge in [-0.05, 0) is 32.1 Å². The van der Waals surface area contributed by atoms with Gasteiger partial charge in [-0.3, -0.25) is 14.7 Å². The van der Waals surface area contributed by atoms with E-state index < -0.39 is 0 Å². The van der Waals surface area contributed by atoms with E-state index in [9.17, 15) is 4.79 Å². The summed E-state index contributed by atoms with van der Waals surface area (Å²) in [4.78, 5) is 30.1. The topological polar surface area (TPSA) is 71.5 Å². The summed E-state index contributed by atoms with van der Waals surface area (Å²) >= 11 is 1.48. The highest BCUT2D eigenvalue weighted by Gasteiger charge is 2.23. The van der Waals surface area contributed by atoms with Crippen molar-refractivity contribution in [2.45, 2.75) is 20.8 Å². The minimum absolute atomic E-state index is 0.197. The molecule has 2 heterocycles. The monoisotopic (exact) mass is 399 g/mol. The molecule has 1 amide bonds. The highest BCUT2D eigenvalue weighted by Crippen LogP contribution is 2.34. The molecule has 0 spiro atoms. The second-order valence-corrected chi connectivity index (χ2v) is 7.12. The van der Waals surface area contributed by atoms with Gasteiger partial charge >= 0.3 is 0 Å². The zero-order chi connectivity index (χ0) is 19.9. The van der Waals surface area contributed by atoms with Crippen LogP contribution in [-0.2, 0) is 0 Å². The van der Waals surface area contributed by atoms with E-state index in [0.717, 1.165) is 35.6 Å². The van der Waals surface area contributed by atoms with Crippen molar-refractivity contribution in [3.8, 4) is 5.75 Å². The van der Waals surface area contributed by atoms with E-state index in [2.05, 4.69) is 28.7 Å². The number of carbonyl (C=O) groups is 1. The Bertz CT molecular complexity index is 911. The van der Waals surface area contributed by atoms with Crippen LogP contribution in [0.1, 0.15) is 31.3 Å². The predicted octanol–water partition coefficient (Wildman–Crippen LogP) is 3.47. The van der Waals surface area contributed by atoms with Crippen molar-refractivity contribution in [1.82, 2.24) is 19.9 Å². The third kappa shape index (κ3) is 4.45. The van der Waals surface area contributed by atoms with Gasteiger partial charge in [0.15, 0.2) is 5.13 Å². The van der Waals surface area contributed by atoms with Gasteiger partial charge in [0.05, 0.1) is 17.5 Å². The number of hydrogen-bond acceptors (Lipinski definition) is 7. The molecule has 0 unspecified atom stereocenters. The van der Waals surface area contributed by atoms with Gasteiger partial charge in [0.2, 0.25) is 0 Å². The van der Waals surface area contributed by atoms with Crippen molar-refractivity contribution in [2.24, 2.45) is 0 Å². The van der Waals surface area contributed by atoms with Crippen LogP contribution in [0.3, 0.4) is 0 Å². The number of rotatable bonds is 9. The number of para-hydroxylation sites is 1. The van der Waals surface area contributed by atoms with Crippen molar-refractivity contribution >= 4 is 32.6 Å². The maximum absolute atomic E-state index is 13.2. The molecular weight excluding hydrogens is 374 g/mol. The Morgan fingerprint density at radius 2 is 1.96 bits per heavy atom. The summed E-state index contributed by atoms with van der Waals surface area (Å²) in [6.07, 6.45) is 4.58. The number of thiazole rings is 1. The fourth-order valence-corrected chi connectivity index (χ4v) is 3.92. The van der Waals surface area contributed by atoms with Crippen LogP contribution in [-0.4, -0.2) is 58.5 Å². The molecule has 0 saturated heterocycles. The summed E-state index contributed by atoms with van der Waals surface area (Å²) in [7, 11) is 0. The quantitative estimate of drug-likeness (QED) is 0.549. The predicted molar refractivity (Wildman–Crippen MR) is 112 cm³/mol. The van der Waals surface area contributed by atoms with Crippen molar-refractivity contribution in [3.63, 3.8) is 0 Å². The van der Waals surface area contributed by atoms with E-state index in [1.807, 2.05) is 25.1 Å². The lowest BCUT2D eigenvalue weighted by molar-refractivity contribution is 0.0978. The third-order valence-corrected chi connectivity index (χ3v) is 5.51. The molecule has 0 N–H and O–H groups in total. The van der Waals surface area contributed by atoms with E-state index in [1.165, 1.54) is 23.7 Å². The van der Waals surface area contributed by atoms with Gasteiger partial charge in [-0.1, -0.05) is 31.3 Å². The highest BCUT2D eigenvalue weighted by molar-refractivity contribution is 7.22. The first-order valence-electron chi connectivity index (χ1n) is 9.50. The Kier molecular flexibility index (Phi) is 6.89. The molecule has 0 aliphatic heterocycles. The standard InChI is InChI=1S/C20H25N5O2S/c1-4-24(5-2)12-13-25(19(26)15-14-21-10-11-22-15)20-23-18-16(27-6-3)8-7-9-17(18)28-20/h7-11,14H,4-6,12-13H2,1-3H3. The lowest BCUT2D eigenvalue weighted by atomic mass is 10.3. The molecule has 1 aromatic carbocycles. The Morgan fingerprint density at radius 1 is 1.14 bits per heavy atom. The Labute approximate surface area is 169 Å². The molecule has 0 atom stereocenters. The fraction of sp³-hybridized carbons (Fsp3) is 0.400. The van der Waals surface area contributed by atoms with Crippen LogP contribution in [0.4, 0.5) is 5.13 Å². The van der Waals surface area contributed by atoms with Gasteiger partial charge < -0.3 is 9.64 Å². The van der Waals surface area contributed by atoms with Crippen molar-refractivity contribution in [2.75, 3.05) is 37.7 Å². The molecule has 148 valence electrons. The number of carbonyl (C=O) groups excluding carboxylic acids is 1. The Morgan fingerprint density at radius 3 is 2.64 bits per heavy atom. The number of ether oxygens (including phenoxy) is 1. The average molecular weight is 400 g/mol. The lowest BCUT2D eigenvalue weighted by Gasteiger charge is -2.24. The highest BCUT2D eigenvalue weighted by atomic mass is 32.1. The van der Waals surface area contributed by atoms with Gasteiger partial charge in [0, 0.05) is 25.5 Å². The number of likely N-dealkylation sites (N-methyl/N-ethyl adjacent to an activating group) is 1. The molecule has 0 aliphatic carbocycles. The number of benzene rings is 1. The second kappa shape index (κ2) is 9.57. The first-order valence-corrected chi connectivity index (χ1v) is 10.3. The largest absolute Gasteiger partial charge is 0.492 e. The number of fused-ring (bicyclic) bond motifs is 1. The zero-order valence-corrected chi connectivity index (χ0v) is 17.3. The maximum Gasteiger partial charge on any atom is 0.280 e. The number of nitrogens with zero attached hydrogens (tertiary/aromatic N) is 5. The van der Waals surface area contributed by atoms with Crippen LogP contribution in [0.15, 0.2) is 36.8 Å². The van der Waals surface area contributed by atoms with E-state index in [-0.39, 0.29) is 5.91 Å².